The first kappa shape index (κ1) is 11.4. The summed E-state index contributed by atoms with van der Waals surface area (Å²) in [5.74, 6) is 2.27. The molecule has 2 aliphatic rings. The molecule has 0 aromatic heterocycles. The molecule has 2 rings (SSSR count). The molecule has 0 aromatic rings. The maximum Gasteiger partial charge on any atom is 0.0509 e. The van der Waals surface area contributed by atoms with E-state index in [4.69, 9.17) is 10.5 Å². The number of rotatable bonds is 3. The highest BCUT2D eigenvalue weighted by Gasteiger charge is 2.39. The van der Waals surface area contributed by atoms with Crippen LogP contribution in [0.2, 0.25) is 0 Å². The highest BCUT2D eigenvalue weighted by Crippen LogP contribution is 2.35. The molecule has 2 fully saturated rings. The molecule has 2 heterocycles. The molecular weight excluding hydrogens is 188 g/mol. The lowest BCUT2D eigenvalue weighted by Crippen LogP contribution is -2.54. The summed E-state index contributed by atoms with van der Waals surface area (Å²) in [6, 6.07) is 0.673. The van der Waals surface area contributed by atoms with Gasteiger partial charge in [0, 0.05) is 19.1 Å². The van der Waals surface area contributed by atoms with Crippen LogP contribution in [0.3, 0.4) is 0 Å². The van der Waals surface area contributed by atoms with Gasteiger partial charge in [-0.2, -0.15) is 0 Å². The zero-order valence-electron chi connectivity index (χ0n) is 9.98. The Hall–Kier alpha value is -0.120. The first-order valence-electron chi connectivity index (χ1n) is 6.24. The third-order valence-corrected chi connectivity index (χ3v) is 4.04. The molecular formula is C12H24N2O. The van der Waals surface area contributed by atoms with Crippen LogP contribution in [0.1, 0.15) is 20.3 Å². The molecule has 15 heavy (non-hydrogen) atoms. The van der Waals surface area contributed by atoms with Gasteiger partial charge in [0.1, 0.15) is 0 Å². The summed E-state index contributed by atoms with van der Waals surface area (Å²) in [7, 11) is 0. The molecule has 0 saturated carbocycles. The predicted octanol–water partition coefficient (Wildman–Crippen LogP) is 0.938. The van der Waals surface area contributed by atoms with Crippen molar-refractivity contribution in [2.45, 2.75) is 26.3 Å². The Kier molecular flexibility index (Phi) is 3.65. The SMILES string of the molecule is CC(C)N1CC2COCC(C1)C2CCN. The van der Waals surface area contributed by atoms with Crippen molar-refractivity contribution in [3.63, 3.8) is 0 Å². The average Bonchev–Trinajstić information content (AvgIpc) is 2.17. The van der Waals surface area contributed by atoms with E-state index in [1.54, 1.807) is 0 Å². The average molecular weight is 212 g/mol. The van der Waals surface area contributed by atoms with Gasteiger partial charge >= 0.3 is 0 Å². The monoisotopic (exact) mass is 212 g/mol. The fourth-order valence-corrected chi connectivity index (χ4v) is 3.14. The first-order valence-corrected chi connectivity index (χ1v) is 6.24. The van der Waals surface area contributed by atoms with Crippen molar-refractivity contribution in [2.75, 3.05) is 32.8 Å². The van der Waals surface area contributed by atoms with E-state index in [1.165, 1.54) is 19.5 Å². The van der Waals surface area contributed by atoms with E-state index >= 15 is 0 Å². The van der Waals surface area contributed by atoms with Gasteiger partial charge in [-0.15, -0.1) is 0 Å². The summed E-state index contributed by atoms with van der Waals surface area (Å²) in [6.07, 6.45) is 1.19. The molecule has 2 saturated heterocycles. The number of ether oxygens (including phenoxy) is 1. The smallest absolute Gasteiger partial charge is 0.0509 e. The lowest BCUT2D eigenvalue weighted by atomic mass is 9.74. The molecule has 2 bridgehead atoms. The third-order valence-electron chi connectivity index (χ3n) is 4.04. The second-order valence-corrected chi connectivity index (χ2v) is 5.35. The van der Waals surface area contributed by atoms with E-state index in [2.05, 4.69) is 18.7 Å². The lowest BCUT2D eigenvalue weighted by molar-refractivity contribution is -0.0909. The third kappa shape index (κ3) is 2.35. The summed E-state index contributed by atoms with van der Waals surface area (Å²) in [4.78, 5) is 2.60. The van der Waals surface area contributed by atoms with E-state index in [0.29, 0.717) is 6.04 Å². The van der Waals surface area contributed by atoms with E-state index in [9.17, 15) is 0 Å². The van der Waals surface area contributed by atoms with Gasteiger partial charge in [0.25, 0.3) is 0 Å². The standard InChI is InChI=1S/C12H24N2O/c1-9(2)14-5-10-7-15-8-11(6-14)12(10)3-4-13/h9-12H,3-8,13H2,1-2H3. The van der Waals surface area contributed by atoms with Crippen LogP contribution in [0.15, 0.2) is 0 Å². The number of fused-ring (bicyclic) bond motifs is 2. The van der Waals surface area contributed by atoms with Crippen molar-refractivity contribution in [1.82, 2.24) is 4.90 Å². The van der Waals surface area contributed by atoms with Crippen LogP contribution >= 0.6 is 0 Å². The minimum atomic E-state index is 0.673. The van der Waals surface area contributed by atoms with Crippen molar-refractivity contribution in [3.05, 3.63) is 0 Å². The molecule has 3 heteroatoms. The minimum Gasteiger partial charge on any atom is -0.381 e. The van der Waals surface area contributed by atoms with Gasteiger partial charge in [0.15, 0.2) is 0 Å². The Morgan fingerprint density at radius 1 is 1.27 bits per heavy atom. The summed E-state index contributed by atoms with van der Waals surface area (Å²) in [6.45, 7) is 9.73. The molecule has 0 spiro atoms. The van der Waals surface area contributed by atoms with Crippen molar-refractivity contribution in [1.29, 1.82) is 0 Å². The number of piperidine rings is 1. The van der Waals surface area contributed by atoms with E-state index in [0.717, 1.165) is 37.5 Å². The number of nitrogens with two attached hydrogens (primary N) is 1. The number of hydrogen-bond donors (Lipinski definition) is 1. The summed E-state index contributed by atoms with van der Waals surface area (Å²) >= 11 is 0. The van der Waals surface area contributed by atoms with Gasteiger partial charge in [0.2, 0.25) is 0 Å². The van der Waals surface area contributed by atoms with Crippen LogP contribution in [-0.4, -0.2) is 43.8 Å². The lowest BCUT2D eigenvalue weighted by Gasteiger charge is -2.48. The number of hydrogen-bond acceptors (Lipinski definition) is 3. The van der Waals surface area contributed by atoms with Crippen LogP contribution in [0, 0.1) is 17.8 Å². The molecule has 0 aliphatic carbocycles. The first-order chi connectivity index (χ1) is 7.22. The fraction of sp³-hybridized carbons (Fsp3) is 1.00. The highest BCUT2D eigenvalue weighted by molar-refractivity contribution is 4.90. The second kappa shape index (κ2) is 4.81. The Balaban J connectivity index is 2.01. The van der Waals surface area contributed by atoms with Crippen LogP contribution in [0.5, 0.6) is 0 Å². The second-order valence-electron chi connectivity index (χ2n) is 5.35. The Labute approximate surface area is 93.0 Å². The Bertz CT molecular complexity index is 194. The highest BCUT2D eigenvalue weighted by atomic mass is 16.5. The van der Waals surface area contributed by atoms with E-state index < -0.39 is 0 Å². The van der Waals surface area contributed by atoms with Crippen molar-refractivity contribution in [3.8, 4) is 0 Å². The summed E-state index contributed by atoms with van der Waals surface area (Å²) in [5.41, 5.74) is 5.70. The summed E-state index contributed by atoms with van der Waals surface area (Å²) in [5, 5.41) is 0. The van der Waals surface area contributed by atoms with Crippen LogP contribution in [0.4, 0.5) is 0 Å². The van der Waals surface area contributed by atoms with Gasteiger partial charge in [-0.3, -0.25) is 0 Å². The quantitative estimate of drug-likeness (QED) is 0.756. The number of nitrogens with zero attached hydrogens (tertiary/aromatic N) is 1. The maximum absolute atomic E-state index is 5.70. The molecule has 2 aliphatic heterocycles. The van der Waals surface area contributed by atoms with Crippen LogP contribution in [-0.2, 0) is 4.74 Å². The fourth-order valence-electron chi connectivity index (χ4n) is 3.14. The molecule has 2 unspecified atom stereocenters. The topological polar surface area (TPSA) is 38.5 Å². The zero-order valence-corrected chi connectivity index (χ0v) is 9.98. The van der Waals surface area contributed by atoms with E-state index in [-0.39, 0.29) is 0 Å². The van der Waals surface area contributed by atoms with Gasteiger partial charge < -0.3 is 15.4 Å². The Morgan fingerprint density at radius 2 is 1.87 bits per heavy atom. The van der Waals surface area contributed by atoms with Crippen molar-refractivity contribution >= 4 is 0 Å². The van der Waals surface area contributed by atoms with Crippen LogP contribution < -0.4 is 5.73 Å². The molecule has 0 aromatic carbocycles. The predicted molar refractivity (Wildman–Crippen MR) is 61.7 cm³/mol. The zero-order chi connectivity index (χ0) is 10.8. The van der Waals surface area contributed by atoms with Crippen LogP contribution in [0.25, 0.3) is 0 Å². The van der Waals surface area contributed by atoms with Gasteiger partial charge in [-0.05, 0) is 44.6 Å². The molecule has 3 nitrogen and oxygen atoms in total. The van der Waals surface area contributed by atoms with Gasteiger partial charge in [-0.25, -0.2) is 0 Å². The largest absolute Gasteiger partial charge is 0.381 e. The maximum atomic E-state index is 5.70. The van der Waals surface area contributed by atoms with Gasteiger partial charge in [-0.1, -0.05) is 0 Å². The van der Waals surface area contributed by atoms with Crippen molar-refractivity contribution < 1.29 is 4.74 Å². The Morgan fingerprint density at radius 3 is 2.33 bits per heavy atom. The number of likely N-dealkylation sites (tertiary alicyclic amines) is 1. The van der Waals surface area contributed by atoms with Gasteiger partial charge in [0.05, 0.1) is 13.2 Å². The molecule has 2 atom stereocenters. The molecule has 88 valence electrons. The summed E-state index contributed by atoms with van der Waals surface area (Å²) < 4.78 is 5.67. The minimum absolute atomic E-state index is 0.673. The normalized spacial score (nSPS) is 37.2. The molecule has 0 radical (unpaired) electrons. The van der Waals surface area contributed by atoms with E-state index in [1.807, 2.05) is 0 Å². The van der Waals surface area contributed by atoms with Crippen molar-refractivity contribution in [2.24, 2.45) is 23.5 Å². The molecule has 2 N–H and O–H groups in total. The molecule has 0 amide bonds.